The number of carbonyl (C=O) groups excluding carboxylic acids is 1. The summed E-state index contributed by atoms with van der Waals surface area (Å²) in [5.74, 6) is 0. The van der Waals surface area contributed by atoms with E-state index >= 15 is 0 Å². The summed E-state index contributed by atoms with van der Waals surface area (Å²) in [6.07, 6.45) is 0.751. The maximum atomic E-state index is 12.3. The Balaban J connectivity index is 2.40. The minimum atomic E-state index is -3.49. The summed E-state index contributed by atoms with van der Waals surface area (Å²) in [5.41, 5.74) is 0.724. The highest BCUT2D eigenvalue weighted by molar-refractivity contribution is 9.09. The van der Waals surface area contributed by atoms with Crippen molar-refractivity contribution in [3.63, 3.8) is 0 Å². The SMILES string of the molecule is O=CC(Br)c1ccc(S(=O)(=O)c2ccccc2)cc1. The fourth-order valence-electron chi connectivity index (χ4n) is 1.65. The molecule has 0 fully saturated rings. The average molecular weight is 339 g/mol. The number of hydrogen-bond acceptors (Lipinski definition) is 3. The summed E-state index contributed by atoms with van der Waals surface area (Å²) >= 11 is 3.19. The smallest absolute Gasteiger partial charge is 0.206 e. The van der Waals surface area contributed by atoms with E-state index in [-0.39, 0.29) is 9.79 Å². The van der Waals surface area contributed by atoms with E-state index in [1.165, 1.54) is 12.1 Å². The second-order valence-corrected chi connectivity index (χ2v) is 6.86. The highest BCUT2D eigenvalue weighted by Gasteiger charge is 2.17. The largest absolute Gasteiger partial charge is 0.302 e. The fraction of sp³-hybridized carbons (Fsp3) is 0.0714. The van der Waals surface area contributed by atoms with E-state index in [9.17, 15) is 13.2 Å². The van der Waals surface area contributed by atoms with Crippen molar-refractivity contribution in [2.45, 2.75) is 14.6 Å². The summed E-state index contributed by atoms with van der Waals surface area (Å²) < 4.78 is 24.6. The maximum Gasteiger partial charge on any atom is 0.206 e. The van der Waals surface area contributed by atoms with Crippen molar-refractivity contribution in [3.8, 4) is 0 Å². The van der Waals surface area contributed by atoms with E-state index < -0.39 is 14.7 Å². The van der Waals surface area contributed by atoms with Crippen LogP contribution < -0.4 is 0 Å². The monoisotopic (exact) mass is 338 g/mol. The molecule has 19 heavy (non-hydrogen) atoms. The molecule has 1 unspecified atom stereocenters. The molecule has 0 amide bonds. The van der Waals surface area contributed by atoms with Gasteiger partial charge in [-0.05, 0) is 29.8 Å². The van der Waals surface area contributed by atoms with Crippen molar-refractivity contribution < 1.29 is 13.2 Å². The lowest BCUT2D eigenvalue weighted by atomic mass is 10.2. The first kappa shape index (κ1) is 14.0. The molecule has 0 heterocycles. The van der Waals surface area contributed by atoms with Crippen LogP contribution >= 0.6 is 15.9 Å². The molecule has 2 aromatic rings. The van der Waals surface area contributed by atoms with Gasteiger partial charge in [0.05, 0.1) is 14.6 Å². The predicted octanol–water partition coefficient (Wildman–Crippen LogP) is 3.15. The number of hydrogen-bond donors (Lipinski definition) is 0. The van der Waals surface area contributed by atoms with Crippen LogP contribution in [0.3, 0.4) is 0 Å². The molecule has 0 aliphatic heterocycles. The molecule has 0 spiro atoms. The van der Waals surface area contributed by atoms with Gasteiger partial charge in [-0.25, -0.2) is 8.42 Å². The second-order valence-electron chi connectivity index (χ2n) is 3.92. The first-order valence-electron chi connectivity index (χ1n) is 5.55. The number of aldehydes is 1. The molecule has 2 rings (SSSR count). The van der Waals surface area contributed by atoms with Crippen LogP contribution in [0.4, 0.5) is 0 Å². The third kappa shape index (κ3) is 2.93. The van der Waals surface area contributed by atoms with Crippen molar-refractivity contribution in [1.82, 2.24) is 0 Å². The Morgan fingerprint density at radius 1 is 0.895 bits per heavy atom. The van der Waals surface area contributed by atoms with Crippen LogP contribution in [0.1, 0.15) is 10.4 Å². The summed E-state index contributed by atoms with van der Waals surface area (Å²) in [6, 6.07) is 14.5. The molecule has 0 saturated carbocycles. The Morgan fingerprint density at radius 2 is 1.42 bits per heavy atom. The Labute approximate surface area is 120 Å². The number of carbonyl (C=O) groups is 1. The Kier molecular flexibility index (Phi) is 4.17. The quantitative estimate of drug-likeness (QED) is 0.635. The maximum absolute atomic E-state index is 12.3. The van der Waals surface area contributed by atoms with Crippen molar-refractivity contribution in [2.24, 2.45) is 0 Å². The number of halogens is 1. The molecular formula is C14H11BrO3S. The number of alkyl halides is 1. The summed E-state index contributed by atoms with van der Waals surface area (Å²) in [5, 5.41) is 0. The summed E-state index contributed by atoms with van der Waals surface area (Å²) in [7, 11) is -3.49. The molecule has 5 heteroatoms. The third-order valence-electron chi connectivity index (χ3n) is 2.68. The van der Waals surface area contributed by atoms with E-state index in [0.29, 0.717) is 0 Å². The fourth-order valence-corrected chi connectivity index (χ4v) is 3.23. The first-order valence-corrected chi connectivity index (χ1v) is 7.95. The zero-order valence-electron chi connectivity index (χ0n) is 9.86. The van der Waals surface area contributed by atoms with E-state index in [1.807, 2.05) is 0 Å². The Morgan fingerprint density at radius 3 is 1.95 bits per heavy atom. The van der Waals surface area contributed by atoms with Crippen molar-refractivity contribution in [3.05, 3.63) is 60.2 Å². The van der Waals surface area contributed by atoms with Crippen LogP contribution in [0.25, 0.3) is 0 Å². The Hall–Kier alpha value is -1.46. The van der Waals surface area contributed by atoms with Crippen LogP contribution in [-0.4, -0.2) is 14.7 Å². The van der Waals surface area contributed by atoms with Gasteiger partial charge in [0.25, 0.3) is 0 Å². The molecule has 0 N–H and O–H groups in total. The second kappa shape index (κ2) is 5.67. The average Bonchev–Trinajstić information content (AvgIpc) is 2.47. The Bertz CT molecular complexity index is 664. The van der Waals surface area contributed by atoms with E-state index in [4.69, 9.17) is 0 Å². The van der Waals surface area contributed by atoms with Gasteiger partial charge in [-0.3, -0.25) is 0 Å². The third-order valence-corrected chi connectivity index (χ3v) is 5.21. The number of rotatable bonds is 4. The summed E-state index contributed by atoms with van der Waals surface area (Å²) in [4.78, 5) is 10.7. The normalized spacial score (nSPS) is 12.9. The lowest BCUT2D eigenvalue weighted by molar-refractivity contribution is -0.107. The topological polar surface area (TPSA) is 51.2 Å². The van der Waals surface area contributed by atoms with Gasteiger partial charge in [0.15, 0.2) is 0 Å². The van der Waals surface area contributed by atoms with Crippen LogP contribution in [-0.2, 0) is 14.6 Å². The van der Waals surface area contributed by atoms with Gasteiger partial charge < -0.3 is 4.79 Å². The summed E-state index contributed by atoms with van der Waals surface area (Å²) in [6.45, 7) is 0. The first-order chi connectivity index (χ1) is 9.05. The van der Waals surface area contributed by atoms with Crippen LogP contribution in [0.15, 0.2) is 64.4 Å². The lowest BCUT2D eigenvalue weighted by Crippen LogP contribution is -2.02. The van der Waals surface area contributed by atoms with Crippen molar-refractivity contribution in [2.75, 3.05) is 0 Å². The van der Waals surface area contributed by atoms with E-state index in [1.54, 1.807) is 42.5 Å². The van der Waals surface area contributed by atoms with Gasteiger partial charge in [-0.2, -0.15) is 0 Å². The number of benzene rings is 2. The standard InChI is InChI=1S/C14H11BrO3S/c15-14(10-16)11-6-8-13(9-7-11)19(17,18)12-4-2-1-3-5-12/h1-10,14H. The molecule has 0 aliphatic carbocycles. The number of sulfone groups is 1. The molecule has 0 saturated heterocycles. The van der Waals surface area contributed by atoms with Gasteiger partial charge in [0.2, 0.25) is 9.84 Å². The lowest BCUT2D eigenvalue weighted by Gasteiger charge is -2.06. The molecule has 0 bridgehead atoms. The molecular weight excluding hydrogens is 328 g/mol. The highest BCUT2D eigenvalue weighted by atomic mass is 79.9. The van der Waals surface area contributed by atoms with E-state index in [2.05, 4.69) is 15.9 Å². The molecule has 0 aliphatic rings. The van der Waals surface area contributed by atoms with Crippen molar-refractivity contribution in [1.29, 1.82) is 0 Å². The minimum Gasteiger partial charge on any atom is -0.302 e. The molecule has 0 radical (unpaired) electrons. The molecule has 2 aromatic carbocycles. The molecule has 98 valence electrons. The van der Waals surface area contributed by atoms with Gasteiger partial charge in [-0.15, -0.1) is 0 Å². The predicted molar refractivity (Wildman–Crippen MR) is 76.1 cm³/mol. The molecule has 1 atom stereocenters. The zero-order valence-corrected chi connectivity index (χ0v) is 12.3. The zero-order chi connectivity index (χ0) is 13.9. The van der Waals surface area contributed by atoms with Gasteiger partial charge >= 0.3 is 0 Å². The highest BCUT2D eigenvalue weighted by Crippen LogP contribution is 2.24. The van der Waals surface area contributed by atoms with Gasteiger partial charge in [0.1, 0.15) is 6.29 Å². The van der Waals surface area contributed by atoms with Gasteiger partial charge in [-0.1, -0.05) is 46.3 Å². The van der Waals surface area contributed by atoms with Crippen LogP contribution in [0.5, 0.6) is 0 Å². The van der Waals surface area contributed by atoms with Crippen molar-refractivity contribution >= 4 is 32.1 Å². The molecule has 3 nitrogen and oxygen atoms in total. The molecule has 0 aromatic heterocycles. The minimum absolute atomic E-state index is 0.216. The van der Waals surface area contributed by atoms with E-state index in [0.717, 1.165) is 11.8 Å². The van der Waals surface area contributed by atoms with Gasteiger partial charge in [0, 0.05) is 0 Å². The van der Waals surface area contributed by atoms with Crippen LogP contribution in [0, 0.1) is 0 Å². The van der Waals surface area contributed by atoms with Crippen LogP contribution in [0.2, 0.25) is 0 Å².